The number of anilines is 1. The highest BCUT2D eigenvalue weighted by atomic mass is 32.1. The molecule has 0 aromatic carbocycles. The van der Waals surface area contributed by atoms with E-state index in [-0.39, 0.29) is 0 Å². The zero-order valence-electron chi connectivity index (χ0n) is 10.4. The summed E-state index contributed by atoms with van der Waals surface area (Å²) in [5.41, 5.74) is 0.938. The first kappa shape index (κ1) is 13.1. The molecule has 7 heteroatoms. The highest BCUT2D eigenvalue weighted by Gasteiger charge is 2.24. The van der Waals surface area contributed by atoms with Crippen LogP contribution in [0.4, 0.5) is 5.82 Å². The van der Waals surface area contributed by atoms with Crippen LogP contribution in [0.2, 0.25) is 0 Å². The fraction of sp³-hybridized carbons (Fsp3) is 0.250. The topological polar surface area (TPSA) is 90.9 Å². The number of carboxylic acids is 1. The maximum absolute atomic E-state index is 11.4. The summed E-state index contributed by atoms with van der Waals surface area (Å²) >= 11 is 1.35. The number of nitriles is 1. The van der Waals surface area contributed by atoms with Crippen molar-refractivity contribution in [2.24, 2.45) is 7.05 Å². The van der Waals surface area contributed by atoms with Crippen molar-refractivity contribution in [2.45, 2.75) is 13.0 Å². The Morgan fingerprint density at radius 2 is 2.42 bits per heavy atom. The molecule has 2 heterocycles. The van der Waals surface area contributed by atoms with Gasteiger partial charge in [0, 0.05) is 11.9 Å². The lowest BCUT2D eigenvalue weighted by molar-refractivity contribution is -0.138. The van der Waals surface area contributed by atoms with E-state index < -0.39 is 12.0 Å². The first-order valence-corrected chi connectivity index (χ1v) is 6.39. The molecule has 19 heavy (non-hydrogen) atoms. The van der Waals surface area contributed by atoms with Crippen molar-refractivity contribution < 1.29 is 9.90 Å². The van der Waals surface area contributed by atoms with Gasteiger partial charge in [0.1, 0.15) is 17.5 Å². The van der Waals surface area contributed by atoms with Gasteiger partial charge in [-0.3, -0.25) is 4.68 Å². The number of thiophene rings is 1. The van der Waals surface area contributed by atoms with E-state index in [1.54, 1.807) is 26.1 Å². The van der Waals surface area contributed by atoms with Crippen LogP contribution in [0.15, 0.2) is 17.5 Å². The third-order valence-electron chi connectivity index (χ3n) is 2.69. The minimum atomic E-state index is -0.995. The Morgan fingerprint density at radius 3 is 2.95 bits per heavy atom. The molecule has 0 saturated heterocycles. The molecule has 2 rings (SSSR count). The average molecular weight is 276 g/mol. The van der Waals surface area contributed by atoms with Gasteiger partial charge in [-0.2, -0.15) is 10.4 Å². The zero-order chi connectivity index (χ0) is 14.0. The van der Waals surface area contributed by atoms with E-state index in [2.05, 4.69) is 10.4 Å². The molecule has 0 radical (unpaired) electrons. The number of aromatic nitrogens is 2. The van der Waals surface area contributed by atoms with E-state index in [1.807, 2.05) is 11.4 Å². The van der Waals surface area contributed by atoms with Crippen molar-refractivity contribution in [1.29, 1.82) is 5.26 Å². The Balaban J connectivity index is 2.39. The zero-order valence-corrected chi connectivity index (χ0v) is 11.2. The maximum atomic E-state index is 11.4. The van der Waals surface area contributed by atoms with Crippen LogP contribution < -0.4 is 5.32 Å². The average Bonchev–Trinajstić information content (AvgIpc) is 2.94. The summed E-state index contributed by atoms with van der Waals surface area (Å²) in [6.45, 7) is 1.71. The first-order chi connectivity index (χ1) is 9.04. The standard InChI is InChI=1S/C12H12N4O2S/c1-7-8(6-13)11(16(2)15-7)14-10(12(17)18)9-4-3-5-19-9/h3-5,10,14H,1-2H3,(H,17,18). The van der Waals surface area contributed by atoms with Crippen LogP contribution >= 0.6 is 11.3 Å². The fourth-order valence-electron chi connectivity index (χ4n) is 1.80. The second kappa shape index (κ2) is 5.12. The van der Waals surface area contributed by atoms with E-state index >= 15 is 0 Å². The third kappa shape index (κ3) is 2.44. The molecule has 1 atom stereocenters. The molecule has 2 aromatic heterocycles. The Labute approximate surface area is 113 Å². The summed E-state index contributed by atoms with van der Waals surface area (Å²) in [5.74, 6) is -0.578. The maximum Gasteiger partial charge on any atom is 0.331 e. The molecule has 0 amide bonds. The molecule has 2 aromatic rings. The summed E-state index contributed by atoms with van der Waals surface area (Å²) in [7, 11) is 1.67. The van der Waals surface area contributed by atoms with Gasteiger partial charge in [-0.25, -0.2) is 4.79 Å². The summed E-state index contributed by atoms with van der Waals surface area (Å²) in [4.78, 5) is 12.0. The van der Waals surface area contributed by atoms with Gasteiger partial charge in [-0.15, -0.1) is 11.3 Å². The molecule has 0 fully saturated rings. The lowest BCUT2D eigenvalue weighted by Crippen LogP contribution is -2.21. The summed E-state index contributed by atoms with van der Waals surface area (Å²) in [6, 6.07) is 4.68. The Kier molecular flexibility index (Phi) is 3.53. The molecule has 1 unspecified atom stereocenters. The lowest BCUT2D eigenvalue weighted by Gasteiger charge is -2.14. The number of aryl methyl sites for hydroxylation is 2. The summed E-state index contributed by atoms with van der Waals surface area (Å²) in [5, 5.41) is 27.2. The molecule has 0 spiro atoms. The van der Waals surface area contributed by atoms with E-state index in [9.17, 15) is 9.90 Å². The van der Waals surface area contributed by atoms with Crippen LogP contribution in [0.25, 0.3) is 0 Å². The molecule has 6 nitrogen and oxygen atoms in total. The molecule has 0 aliphatic heterocycles. The number of carbonyl (C=O) groups is 1. The van der Waals surface area contributed by atoms with Crippen LogP contribution in [-0.4, -0.2) is 20.9 Å². The molecule has 0 bridgehead atoms. The van der Waals surface area contributed by atoms with Gasteiger partial charge >= 0.3 is 5.97 Å². The number of rotatable bonds is 4. The highest BCUT2D eigenvalue weighted by Crippen LogP contribution is 2.26. The first-order valence-electron chi connectivity index (χ1n) is 5.51. The highest BCUT2D eigenvalue weighted by molar-refractivity contribution is 7.10. The van der Waals surface area contributed by atoms with E-state index in [1.165, 1.54) is 16.0 Å². The second-order valence-corrected chi connectivity index (χ2v) is 4.95. The molecular formula is C12H12N4O2S. The second-order valence-electron chi connectivity index (χ2n) is 3.98. The van der Waals surface area contributed by atoms with Crippen LogP contribution in [0.5, 0.6) is 0 Å². The number of aliphatic carboxylic acids is 1. The van der Waals surface area contributed by atoms with Gasteiger partial charge in [0.25, 0.3) is 0 Å². The van der Waals surface area contributed by atoms with Crippen molar-refractivity contribution >= 4 is 23.1 Å². The lowest BCUT2D eigenvalue weighted by atomic mass is 10.2. The minimum Gasteiger partial charge on any atom is -0.479 e. The molecule has 2 N–H and O–H groups in total. The van der Waals surface area contributed by atoms with Crippen molar-refractivity contribution in [1.82, 2.24) is 9.78 Å². The molecule has 0 aliphatic carbocycles. The smallest absolute Gasteiger partial charge is 0.331 e. The van der Waals surface area contributed by atoms with Crippen molar-refractivity contribution in [3.8, 4) is 6.07 Å². The largest absolute Gasteiger partial charge is 0.479 e. The van der Waals surface area contributed by atoms with E-state index in [0.29, 0.717) is 22.0 Å². The van der Waals surface area contributed by atoms with Crippen molar-refractivity contribution in [3.63, 3.8) is 0 Å². The number of hydrogen-bond acceptors (Lipinski definition) is 5. The predicted molar refractivity (Wildman–Crippen MR) is 71.0 cm³/mol. The summed E-state index contributed by atoms with van der Waals surface area (Å²) in [6.07, 6.45) is 0. The van der Waals surface area contributed by atoms with Crippen LogP contribution in [-0.2, 0) is 11.8 Å². The molecular weight excluding hydrogens is 264 g/mol. The number of hydrogen-bond donors (Lipinski definition) is 2. The van der Waals surface area contributed by atoms with Gasteiger partial charge in [-0.05, 0) is 18.4 Å². The monoisotopic (exact) mass is 276 g/mol. The van der Waals surface area contributed by atoms with Crippen molar-refractivity contribution in [3.05, 3.63) is 33.6 Å². The van der Waals surface area contributed by atoms with Gasteiger partial charge in [-0.1, -0.05) is 6.07 Å². The number of nitrogens with zero attached hydrogens (tertiary/aromatic N) is 3. The van der Waals surface area contributed by atoms with Gasteiger partial charge in [0.05, 0.1) is 5.69 Å². The predicted octanol–water partition coefficient (Wildman–Crippen LogP) is 1.90. The Bertz CT molecular complexity index is 639. The fourth-order valence-corrected chi connectivity index (χ4v) is 2.57. The Morgan fingerprint density at radius 1 is 1.68 bits per heavy atom. The van der Waals surface area contributed by atoms with E-state index in [0.717, 1.165) is 0 Å². The van der Waals surface area contributed by atoms with Gasteiger partial charge in [0.2, 0.25) is 0 Å². The molecule has 0 saturated carbocycles. The van der Waals surface area contributed by atoms with Gasteiger partial charge in [0.15, 0.2) is 6.04 Å². The van der Waals surface area contributed by atoms with E-state index in [4.69, 9.17) is 5.26 Å². The third-order valence-corrected chi connectivity index (χ3v) is 3.63. The quantitative estimate of drug-likeness (QED) is 0.890. The number of carboxylic acid groups (broad SMARTS) is 1. The van der Waals surface area contributed by atoms with Crippen LogP contribution in [0.1, 0.15) is 22.2 Å². The van der Waals surface area contributed by atoms with Gasteiger partial charge < -0.3 is 10.4 Å². The van der Waals surface area contributed by atoms with Crippen LogP contribution in [0.3, 0.4) is 0 Å². The SMILES string of the molecule is Cc1nn(C)c(NC(C(=O)O)c2cccs2)c1C#N. The summed E-state index contributed by atoms with van der Waals surface area (Å²) < 4.78 is 1.48. The Hall–Kier alpha value is -2.33. The number of nitrogens with one attached hydrogen (secondary N) is 1. The van der Waals surface area contributed by atoms with Crippen molar-refractivity contribution in [2.75, 3.05) is 5.32 Å². The molecule has 98 valence electrons. The normalized spacial score (nSPS) is 11.8. The van der Waals surface area contributed by atoms with Crippen LogP contribution in [0, 0.1) is 18.3 Å². The molecule has 0 aliphatic rings. The minimum absolute atomic E-state index is 0.366.